The van der Waals surface area contributed by atoms with Crippen molar-refractivity contribution in [3.63, 3.8) is 0 Å². The molecule has 0 saturated carbocycles. The van der Waals surface area contributed by atoms with Gasteiger partial charge in [0.2, 0.25) is 0 Å². The lowest BCUT2D eigenvalue weighted by Crippen LogP contribution is -2.54. The first kappa shape index (κ1) is 92.6. The Hall–Kier alpha value is -12.9. The van der Waals surface area contributed by atoms with E-state index in [2.05, 4.69) is 223 Å². The third-order valence-corrected chi connectivity index (χ3v) is 25.9. The van der Waals surface area contributed by atoms with Crippen LogP contribution in [0.15, 0.2) is 213 Å². The van der Waals surface area contributed by atoms with Crippen molar-refractivity contribution < 1.29 is 42.8 Å². The summed E-state index contributed by atoms with van der Waals surface area (Å²) in [6.07, 6.45) is 46.4. The Morgan fingerprint density at radius 1 is 0.430 bits per heavy atom. The van der Waals surface area contributed by atoms with Gasteiger partial charge in [-0.15, -0.1) is 0 Å². The van der Waals surface area contributed by atoms with Crippen LogP contribution in [0.25, 0.3) is 134 Å². The monoisotopic (exact) mass is 1880 g/mol. The van der Waals surface area contributed by atoms with Crippen molar-refractivity contribution in [3.05, 3.63) is 213 Å². The number of phenolic OH excluding ortho intramolecular Hbond substituents is 1. The van der Waals surface area contributed by atoms with Crippen LogP contribution in [0.5, 0.6) is 23.0 Å². The molecule has 6 aliphatic rings. The molecule has 3 unspecified atom stereocenters. The van der Waals surface area contributed by atoms with Crippen molar-refractivity contribution in [1.82, 2.24) is 109 Å². The number of H-pyrrole nitrogens is 3. The number of benzene rings is 4. The summed E-state index contributed by atoms with van der Waals surface area (Å²) < 4.78 is 57.8. The van der Waals surface area contributed by atoms with E-state index in [0.29, 0.717) is 11.3 Å². The number of aromatic hydroxyl groups is 1. The van der Waals surface area contributed by atoms with Gasteiger partial charge >= 0.3 is 7.12 Å². The number of aromatic nitrogens is 20. The Labute approximate surface area is 793 Å². The van der Waals surface area contributed by atoms with Gasteiger partial charge in [0.15, 0.2) is 22.6 Å². The maximum absolute atomic E-state index is 10.6. The first-order chi connectivity index (χ1) is 64.9. The summed E-state index contributed by atoms with van der Waals surface area (Å²) >= 11 is 3.23. The minimum absolute atomic E-state index is 0.00736. The largest absolute Gasteiger partial charge is 0.507 e. The third-order valence-electron chi connectivity index (χ3n) is 25.5. The highest BCUT2D eigenvalue weighted by Gasteiger charge is 2.53. The lowest BCUT2D eigenvalue weighted by molar-refractivity contribution is -0.0395. The number of hydrogen-bond donors (Lipinski definition) is 6. The van der Waals surface area contributed by atoms with Crippen molar-refractivity contribution in [3.8, 4) is 101 Å². The van der Waals surface area contributed by atoms with Crippen LogP contribution >= 0.6 is 15.9 Å². The van der Waals surface area contributed by atoms with E-state index in [4.69, 9.17) is 57.7 Å². The summed E-state index contributed by atoms with van der Waals surface area (Å²) in [5.41, 5.74) is 21.7. The Morgan fingerprint density at radius 3 is 1.27 bits per heavy atom. The zero-order valence-corrected chi connectivity index (χ0v) is 80.6. The predicted molar refractivity (Wildman–Crippen MR) is 528 cm³/mol. The predicted octanol–water partition coefficient (Wildman–Crippen LogP) is 20.1. The highest BCUT2D eigenvalue weighted by molar-refractivity contribution is 9.10. The molecule has 0 bridgehead atoms. The van der Waals surface area contributed by atoms with E-state index in [1.54, 1.807) is 58.4 Å². The normalized spacial score (nSPS) is 19.2. The number of ether oxygens (including phenoxy) is 6. The lowest BCUT2D eigenvalue weighted by Gasteiger charge is -2.41. The molecule has 18 heterocycles. The molecule has 12 aromatic heterocycles. The topological polar surface area (TPSA) is 345 Å². The van der Waals surface area contributed by atoms with Gasteiger partial charge in [-0.2, -0.15) is 20.4 Å². The van der Waals surface area contributed by atoms with Crippen molar-refractivity contribution in [2.75, 3.05) is 41.2 Å². The molecule has 4 aromatic carbocycles. The molecule has 6 N–H and O–H groups in total. The van der Waals surface area contributed by atoms with Crippen LogP contribution in [-0.2, 0) is 23.5 Å². The van der Waals surface area contributed by atoms with Gasteiger partial charge in [-0.1, -0.05) is 30.3 Å². The number of fused-ring (bicyclic) bond motifs is 4. The molecule has 135 heavy (non-hydrogen) atoms. The molecule has 4 saturated heterocycles. The van der Waals surface area contributed by atoms with Crippen LogP contribution in [0, 0.1) is 0 Å². The summed E-state index contributed by atoms with van der Waals surface area (Å²) in [4.78, 5) is 42.7. The van der Waals surface area contributed by atoms with Crippen LogP contribution in [0.2, 0.25) is 0 Å². The number of methoxy groups -OCH3 is 3. The standard InChI is InChI=1S/C30H36N6O2.C24H26N6O.C21H29BN2O4.C21H21N5O2.C6H4BrN3/c1-29(2)15-22(16-30(3,4)34-29)35-12-11-24-28(35)31-18-25(33-24)23-10-9-20(14-26(23)37-5)21-17-32-36(19-21)27-8-6-7-13-38-27;1-23(2)10-17(11-24(3,4)29-23)30-8-7-19-22(30)25-14-20(28-19)18-6-5-15(9-21(18)31)16-12-26-27-13-16;1-20(2)21(3,4)28-22(27-20)17-10-9-15(12-18(17)25-5)16-13-23-24(14-16)19-8-6-7-11-26-19;1-27-19-10-14(15-11-24-26(13-15)20-4-2-3-9-28-20)5-6-16(19)18-12-23-21-17(25-18)7-8-22-21;7-5-3-9-6-4(10-5)1-2-8-6/h9-12,14-15,17-19,27,34H,6-8,13,16H2,1-5H3;5-10,12-14,29,31H,11H2,1-4H3,(H,26,27);9-10,12-14,19H,6-8,11H2,1-5H3;5-8,10-13,20H,2-4,9H2,1H3,(H,22,23);1-3H,(H,8,9). The van der Waals surface area contributed by atoms with E-state index < -0.39 is 7.12 Å². The number of nitrogens with one attached hydrogen (secondary N) is 5. The van der Waals surface area contributed by atoms with E-state index in [-0.39, 0.29) is 57.8 Å². The molecule has 0 aliphatic carbocycles. The fraction of sp³-hybridized carbons (Fsp3) is 0.373. The second-order valence-electron chi connectivity index (χ2n) is 38.4. The Morgan fingerprint density at radius 2 is 0.844 bits per heavy atom. The molecular formula is C102H116BBrN22O9. The molecule has 16 aromatic rings. The van der Waals surface area contributed by atoms with Crippen molar-refractivity contribution in [2.45, 2.75) is 206 Å². The fourth-order valence-electron chi connectivity index (χ4n) is 18.7. The second-order valence-corrected chi connectivity index (χ2v) is 39.3. The second kappa shape index (κ2) is 38.5. The minimum Gasteiger partial charge on any atom is -0.507 e. The van der Waals surface area contributed by atoms with Gasteiger partial charge in [0.1, 0.15) is 68.4 Å². The summed E-state index contributed by atoms with van der Waals surface area (Å²) in [5, 5.41) is 38.3. The maximum atomic E-state index is 10.6. The summed E-state index contributed by atoms with van der Waals surface area (Å²) in [7, 11) is 4.58. The van der Waals surface area contributed by atoms with Gasteiger partial charge in [-0.3, -0.25) is 5.10 Å². The number of aromatic amines is 3. The molecule has 22 rings (SSSR count). The average molecular weight is 1880 g/mol. The Balaban J connectivity index is 0.000000117. The Bertz CT molecular complexity index is 6940. The van der Waals surface area contributed by atoms with Gasteiger partial charge in [0, 0.05) is 160 Å². The van der Waals surface area contributed by atoms with Gasteiger partial charge in [0.25, 0.3) is 0 Å². The molecular weight excluding hydrogens is 1770 g/mol. The lowest BCUT2D eigenvalue weighted by atomic mass is 9.77. The first-order valence-corrected chi connectivity index (χ1v) is 46.9. The Kier molecular flexibility index (Phi) is 26.4. The van der Waals surface area contributed by atoms with Gasteiger partial charge < -0.3 is 72.6 Å². The summed E-state index contributed by atoms with van der Waals surface area (Å²) in [6, 6.07) is 31.7. The van der Waals surface area contributed by atoms with Crippen molar-refractivity contribution >= 4 is 84.6 Å². The maximum Gasteiger partial charge on any atom is 0.498 e. The molecule has 698 valence electrons. The van der Waals surface area contributed by atoms with E-state index in [0.717, 1.165) is 210 Å². The smallest absolute Gasteiger partial charge is 0.498 e. The van der Waals surface area contributed by atoms with E-state index >= 15 is 0 Å². The number of nitrogens with zero attached hydrogens (tertiary/aromatic N) is 17. The molecule has 3 atom stereocenters. The number of hydrogen-bond acceptors (Lipinski definition) is 23. The molecule has 33 heteroatoms. The van der Waals surface area contributed by atoms with E-state index in [1.165, 1.54) is 30.7 Å². The molecule has 0 spiro atoms. The quantitative estimate of drug-likeness (QED) is 0.0489. The van der Waals surface area contributed by atoms with Crippen LogP contribution < -0.4 is 30.3 Å². The summed E-state index contributed by atoms with van der Waals surface area (Å²) in [6.45, 7) is 28.3. The van der Waals surface area contributed by atoms with Gasteiger partial charge in [-0.25, -0.2) is 53.9 Å². The average Bonchev–Trinajstić information content (AvgIpc) is 1.72. The molecule has 4 fully saturated rings. The minimum atomic E-state index is -0.452. The van der Waals surface area contributed by atoms with Crippen LogP contribution in [0.4, 0.5) is 0 Å². The van der Waals surface area contributed by atoms with E-state index in [9.17, 15) is 5.11 Å². The summed E-state index contributed by atoms with van der Waals surface area (Å²) in [5.74, 6) is 2.42. The van der Waals surface area contributed by atoms with Crippen LogP contribution in [0.3, 0.4) is 0 Å². The zero-order valence-electron chi connectivity index (χ0n) is 79.0. The number of halogens is 1. The van der Waals surface area contributed by atoms with Crippen LogP contribution in [0.1, 0.15) is 172 Å². The van der Waals surface area contributed by atoms with Crippen molar-refractivity contribution in [2.24, 2.45) is 0 Å². The highest BCUT2D eigenvalue weighted by atomic mass is 79.9. The van der Waals surface area contributed by atoms with E-state index in [1.807, 2.05) is 137 Å². The molecule has 6 aliphatic heterocycles. The van der Waals surface area contributed by atoms with Gasteiger partial charge in [0.05, 0.1) is 99.2 Å². The highest BCUT2D eigenvalue weighted by Crippen LogP contribution is 2.43. The zero-order chi connectivity index (χ0) is 94.1. The molecule has 0 amide bonds. The van der Waals surface area contributed by atoms with Crippen LogP contribution in [-0.4, -0.2) is 185 Å². The molecule has 31 nitrogen and oxygen atoms in total. The van der Waals surface area contributed by atoms with Crippen molar-refractivity contribution in [1.29, 1.82) is 0 Å². The van der Waals surface area contributed by atoms with Gasteiger partial charge in [-0.05, 0) is 258 Å². The SMILES string of the molecule is Brc1cnc2[nH]ccc2n1.CC1(C)C=C(n2ccc3nc(-c4ccc(-c5cn[nH]c5)cc4O)cnc32)CC(C)(C)N1.COc1cc(-c2cnn(C3CCCCO3)c2)ccc1-c1cnc2[nH]ccc2n1.COc1cc(-c2cnn(C3CCCCO3)c2)ccc1-c1cnc2c(ccn2C2=CC(C)(C)NC(C)(C)C2)n1.COc1cc(-c2cnn(C3CCCCO3)c2)ccc1B1OC(C)(C)C(C)(C)O1. The third kappa shape index (κ3) is 20.7. The number of phenols is 1. The molecule has 0 radical (unpaired) electrons. The fourth-order valence-corrected chi connectivity index (χ4v) is 18.9. The number of rotatable bonds is 16. The first-order valence-electron chi connectivity index (χ1n) is 46.1.